The molecule has 5 rings (SSSR count). The first kappa shape index (κ1) is 25.8. The summed E-state index contributed by atoms with van der Waals surface area (Å²) < 4.78 is 51.8. The number of amides is 1. The Balaban J connectivity index is 1.22. The van der Waals surface area contributed by atoms with Crippen LogP contribution in [0.1, 0.15) is 29.2 Å². The third kappa shape index (κ3) is 6.16. The summed E-state index contributed by atoms with van der Waals surface area (Å²) in [4.78, 5) is 31.6. The van der Waals surface area contributed by atoms with Crippen LogP contribution in [0.25, 0.3) is 22.2 Å². The van der Waals surface area contributed by atoms with Gasteiger partial charge in [0.2, 0.25) is 5.91 Å². The molecule has 3 aromatic heterocycles. The lowest BCUT2D eigenvalue weighted by molar-refractivity contribution is -0.162. The minimum atomic E-state index is -4.49. The zero-order chi connectivity index (χ0) is 26.9. The Morgan fingerprint density at radius 3 is 2.61 bits per heavy atom. The van der Waals surface area contributed by atoms with E-state index in [0.29, 0.717) is 31.6 Å². The number of imidazole rings is 1. The number of carbonyl (C=O) groups is 1. The molecule has 198 valence electrons. The van der Waals surface area contributed by atoms with Gasteiger partial charge in [-0.15, -0.1) is 0 Å². The van der Waals surface area contributed by atoms with E-state index in [0.717, 1.165) is 39.4 Å². The number of hydrogen-bond acceptors (Lipinski definition) is 5. The van der Waals surface area contributed by atoms with Gasteiger partial charge in [0.1, 0.15) is 18.1 Å². The van der Waals surface area contributed by atoms with Gasteiger partial charge >= 0.3 is 6.18 Å². The highest BCUT2D eigenvalue weighted by Crippen LogP contribution is 2.26. The second-order valence-corrected chi connectivity index (χ2v) is 9.50. The number of pyridine rings is 2. The molecule has 0 radical (unpaired) electrons. The van der Waals surface area contributed by atoms with Crippen molar-refractivity contribution in [3.8, 4) is 11.1 Å². The van der Waals surface area contributed by atoms with Crippen molar-refractivity contribution in [2.24, 2.45) is 0 Å². The van der Waals surface area contributed by atoms with E-state index in [1.807, 2.05) is 37.3 Å². The van der Waals surface area contributed by atoms with Crippen LogP contribution in [0.15, 0.2) is 48.8 Å². The molecule has 0 spiro atoms. The maximum atomic E-state index is 14.3. The van der Waals surface area contributed by atoms with Gasteiger partial charge in [-0.05, 0) is 48.4 Å². The standard InChI is InChI=1S/C27H26F4N6O/c1-17-10-21(22(28)15-33-17)19-2-3-23-24(12-19)35-25(34-23)13-20-11-18(4-5-32-20)16-36-6-8-37(9-7-36)26(38)14-27(29,30)31/h2-5,10-12,15H,6-9,13-14,16H2,1H3,(H,34,35). The maximum absolute atomic E-state index is 14.3. The number of hydrogen-bond donors (Lipinski definition) is 1. The molecule has 0 bridgehead atoms. The molecule has 38 heavy (non-hydrogen) atoms. The average molecular weight is 527 g/mol. The molecule has 1 saturated heterocycles. The van der Waals surface area contributed by atoms with Gasteiger partial charge in [0.25, 0.3) is 0 Å². The lowest BCUT2D eigenvalue weighted by Gasteiger charge is -2.35. The molecule has 1 N–H and O–H groups in total. The SMILES string of the molecule is Cc1cc(-c2ccc3nc(Cc4cc(CN5CCN(C(=O)CC(F)(F)F)CC5)ccn4)[nH]c3c2)c(F)cn1. The number of carbonyl (C=O) groups excluding carboxylic acids is 1. The molecule has 0 unspecified atom stereocenters. The molecule has 0 saturated carbocycles. The highest BCUT2D eigenvalue weighted by atomic mass is 19.4. The van der Waals surface area contributed by atoms with E-state index in [1.165, 1.54) is 11.1 Å². The number of nitrogens with one attached hydrogen (secondary N) is 1. The Kier molecular flexibility index (Phi) is 7.11. The summed E-state index contributed by atoms with van der Waals surface area (Å²) in [5, 5.41) is 0. The first-order chi connectivity index (χ1) is 18.1. The number of H-pyrrole nitrogens is 1. The molecular formula is C27H26F4N6O. The van der Waals surface area contributed by atoms with Crippen LogP contribution in [0.5, 0.6) is 0 Å². The highest BCUT2D eigenvalue weighted by molar-refractivity contribution is 5.82. The number of rotatable bonds is 6. The Morgan fingerprint density at radius 2 is 1.84 bits per heavy atom. The minimum Gasteiger partial charge on any atom is -0.342 e. The molecule has 1 aromatic carbocycles. The number of piperazine rings is 1. The normalized spacial score (nSPS) is 14.8. The summed E-state index contributed by atoms with van der Waals surface area (Å²) in [7, 11) is 0. The number of benzene rings is 1. The Bertz CT molecular complexity index is 1460. The number of aryl methyl sites for hydroxylation is 1. The fourth-order valence-electron chi connectivity index (χ4n) is 4.67. The van der Waals surface area contributed by atoms with E-state index < -0.39 is 18.5 Å². The van der Waals surface area contributed by atoms with Gasteiger partial charge < -0.3 is 9.88 Å². The van der Waals surface area contributed by atoms with Gasteiger partial charge in [-0.1, -0.05) is 6.07 Å². The van der Waals surface area contributed by atoms with E-state index in [2.05, 4.69) is 24.8 Å². The van der Waals surface area contributed by atoms with Crippen LogP contribution in [0, 0.1) is 12.7 Å². The quantitative estimate of drug-likeness (QED) is 0.370. The third-order valence-corrected chi connectivity index (χ3v) is 6.55. The number of nitrogens with zero attached hydrogens (tertiary/aromatic N) is 5. The fourth-order valence-corrected chi connectivity index (χ4v) is 4.67. The molecule has 1 aliphatic heterocycles. The molecule has 4 heterocycles. The summed E-state index contributed by atoms with van der Waals surface area (Å²) in [6.07, 6.45) is -2.48. The van der Waals surface area contributed by atoms with E-state index >= 15 is 0 Å². The molecule has 1 aliphatic rings. The molecule has 0 aliphatic carbocycles. The second-order valence-electron chi connectivity index (χ2n) is 9.50. The number of fused-ring (bicyclic) bond motifs is 1. The number of halogens is 4. The summed E-state index contributed by atoms with van der Waals surface area (Å²) in [5.41, 5.74) is 5.34. The molecular weight excluding hydrogens is 500 g/mol. The van der Waals surface area contributed by atoms with Gasteiger partial charge in [-0.3, -0.25) is 19.7 Å². The van der Waals surface area contributed by atoms with Gasteiger partial charge in [0.15, 0.2) is 0 Å². The van der Waals surface area contributed by atoms with Crippen LogP contribution in [-0.2, 0) is 17.8 Å². The van der Waals surface area contributed by atoms with Crippen LogP contribution in [0.3, 0.4) is 0 Å². The first-order valence-electron chi connectivity index (χ1n) is 12.2. The Hall–Kier alpha value is -3.86. The van der Waals surface area contributed by atoms with Crippen LogP contribution in [0.2, 0.25) is 0 Å². The molecule has 1 amide bonds. The van der Waals surface area contributed by atoms with Gasteiger partial charge in [-0.2, -0.15) is 13.2 Å². The minimum absolute atomic E-state index is 0.275. The first-order valence-corrected chi connectivity index (χ1v) is 12.2. The summed E-state index contributed by atoms with van der Waals surface area (Å²) in [6.45, 7) is 3.98. The van der Waals surface area contributed by atoms with Crippen LogP contribution < -0.4 is 0 Å². The Morgan fingerprint density at radius 1 is 1.05 bits per heavy atom. The monoisotopic (exact) mass is 526 g/mol. The van der Waals surface area contributed by atoms with Crippen molar-refractivity contribution in [3.05, 3.63) is 77.4 Å². The lowest BCUT2D eigenvalue weighted by atomic mass is 10.1. The van der Waals surface area contributed by atoms with Crippen molar-refractivity contribution >= 4 is 16.9 Å². The van der Waals surface area contributed by atoms with Crippen molar-refractivity contribution < 1.29 is 22.4 Å². The smallest absolute Gasteiger partial charge is 0.342 e. The molecule has 4 aromatic rings. The van der Waals surface area contributed by atoms with E-state index in [-0.39, 0.29) is 18.9 Å². The number of alkyl halides is 3. The summed E-state index contributed by atoms with van der Waals surface area (Å²) in [6, 6.07) is 11.1. The van der Waals surface area contributed by atoms with Crippen molar-refractivity contribution in [1.82, 2.24) is 29.7 Å². The highest BCUT2D eigenvalue weighted by Gasteiger charge is 2.34. The van der Waals surface area contributed by atoms with Crippen LogP contribution in [0.4, 0.5) is 17.6 Å². The Labute approximate surface area is 216 Å². The topological polar surface area (TPSA) is 78.0 Å². The van der Waals surface area contributed by atoms with Crippen molar-refractivity contribution in [3.63, 3.8) is 0 Å². The second kappa shape index (κ2) is 10.5. The largest absolute Gasteiger partial charge is 0.397 e. The number of aromatic nitrogens is 4. The van der Waals surface area contributed by atoms with Crippen LogP contribution in [-0.4, -0.2) is 68.0 Å². The third-order valence-electron chi connectivity index (χ3n) is 6.55. The lowest BCUT2D eigenvalue weighted by Crippen LogP contribution is -2.49. The predicted molar refractivity (Wildman–Crippen MR) is 134 cm³/mol. The number of aromatic amines is 1. The van der Waals surface area contributed by atoms with Crippen LogP contribution >= 0.6 is 0 Å². The fraction of sp³-hybridized carbons (Fsp3) is 0.333. The average Bonchev–Trinajstić information content (AvgIpc) is 3.26. The molecule has 7 nitrogen and oxygen atoms in total. The zero-order valence-electron chi connectivity index (χ0n) is 20.7. The van der Waals surface area contributed by atoms with Gasteiger partial charge in [0, 0.05) is 62.3 Å². The summed E-state index contributed by atoms with van der Waals surface area (Å²) >= 11 is 0. The molecule has 1 fully saturated rings. The van der Waals surface area contributed by atoms with Crippen molar-refractivity contribution in [1.29, 1.82) is 0 Å². The van der Waals surface area contributed by atoms with E-state index in [1.54, 1.807) is 12.3 Å². The van der Waals surface area contributed by atoms with Gasteiger partial charge in [-0.25, -0.2) is 9.37 Å². The van der Waals surface area contributed by atoms with Crippen molar-refractivity contribution in [2.45, 2.75) is 32.5 Å². The molecule has 0 atom stereocenters. The van der Waals surface area contributed by atoms with Gasteiger partial charge in [0.05, 0.1) is 17.2 Å². The predicted octanol–water partition coefficient (Wildman–Crippen LogP) is 4.65. The zero-order valence-corrected chi connectivity index (χ0v) is 20.7. The van der Waals surface area contributed by atoms with E-state index in [9.17, 15) is 22.4 Å². The van der Waals surface area contributed by atoms with E-state index in [4.69, 9.17) is 0 Å². The van der Waals surface area contributed by atoms with Crippen molar-refractivity contribution in [2.75, 3.05) is 26.2 Å². The molecule has 11 heteroatoms. The maximum Gasteiger partial charge on any atom is 0.397 e. The summed E-state index contributed by atoms with van der Waals surface area (Å²) in [5.74, 6) is -0.530.